The molecule has 0 unspecified atom stereocenters. The molecule has 10 heteroatoms. The molecule has 170 valence electrons. The Morgan fingerprint density at radius 2 is 1.84 bits per heavy atom. The van der Waals surface area contributed by atoms with Crippen molar-refractivity contribution in [2.45, 2.75) is 23.1 Å². The number of carbonyl (C=O) groups excluding carboxylic acids is 2. The Morgan fingerprint density at radius 3 is 2.50 bits per heavy atom. The van der Waals surface area contributed by atoms with E-state index in [0.29, 0.717) is 42.5 Å². The maximum absolute atomic E-state index is 14.1. The van der Waals surface area contributed by atoms with E-state index in [4.69, 9.17) is 0 Å². The number of benzene rings is 2. The number of carbonyl (C=O) groups is 2. The Morgan fingerprint density at radius 1 is 1.12 bits per heavy atom. The summed E-state index contributed by atoms with van der Waals surface area (Å²) in [6.07, 6.45) is 0.866. The molecule has 1 N–H and O–H groups in total. The van der Waals surface area contributed by atoms with Crippen LogP contribution in [-0.2, 0) is 4.79 Å². The van der Waals surface area contributed by atoms with Gasteiger partial charge in [0.1, 0.15) is 5.82 Å². The lowest BCUT2D eigenvalue weighted by molar-refractivity contribution is -0.384. The van der Waals surface area contributed by atoms with Gasteiger partial charge in [-0.3, -0.25) is 24.6 Å². The molecule has 1 aliphatic rings. The summed E-state index contributed by atoms with van der Waals surface area (Å²) < 4.78 is 14.1. The number of nitro benzene ring substituents is 1. The first-order valence-electron chi connectivity index (χ1n) is 10.4. The lowest BCUT2D eigenvalue weighted by Crippen LogP contribution is -2.51. The van der Waals surface area contributed by atoms with Gasteiger partial charge in [-0.05, 0) is 24.6 Å². The summed E-state index contributed by atoms with van der Waals surface area (Å²) in [5, 5.41) is 14.1. The van der Waals surface area contributed by atoms with E-state index in [0.717, 1.165) is 18.2 Å². The largest absolute Gasteiger partial charge is 0.355 e. The van der Waals surface area contributed by atoms with Gasteiger partial charge in [0, 0.05) is 54.6 Å². The normalized spacial score (nSPS) is 14.2. The van der Waals surface area contributed by atoms with Gasteiger partial charge in [0.25, 0.3) is 11.6 Å². The molecule has 2 amide bonds. The van der Waals surface area contributed by atoms with Crippen molar-refractivity contribution < 1.29 is 18.9 Å². The van der Waals surface area contributed by atoms with E-state index in [1.54, 1.807) is 23.1 Å². The highest BCUT2D eigenvalue weighted by Crippen LogP contribution is 2.34. The molecule has 1 fully saturated rings. The average molecular weight is 461 g/mol. The van der Waals surface area contributed by atoms with Crippen molar-refractivity contribution in [2.24, 2.45) is 0 Å². The molecule has 0 aromatic heterocycles. The second-order valence-corrected chi connectivity index (χ2v) is 8.47. The summed E-state index contributed by atoms with van der Waals surface area (Å²) in [5.74, 6) is -0.819. The van der Waals surface area contributed by atoms with Crippen LogP contribution in [0.25, 0.3) is 0 Å². The minimum absolute atomic E-state index is 0.0473. The summed E-state index contributed by atoms with van der Waals surface area (Å²) in [4.78, 5) is 40.2. The lowest BCUT2D eigenvalue weighted by Gasteiger charge is -2.34. The molecule has 0 radical (unpaired) electrons. The quantitative estimate of drug-likeness (QED) is 0.480. The van der Waals surface area contributed by atoms with E-state index in [1.807, 2.05) is 11.8 Å². The molecule has 3 rings (SSSR count). The van der Waals surface area contributed by atoms with Crippen molar-refractivity contribution in [3.05, 3.63) is 64.0 Å². The number of non-ortho nitro benzene ring substituents is 1. The van der Waals surface area contributed by atoms with Crippen LogP contribution in [0.5, 0.6) is 0 Å². The van der Waals surface area contributed by atoms with Crippen molar-refractivity contribution in [2.75, 3.05) is 39.3 Å². The summed E-state index contributed by atoms with van der Waals surface area (Å²) in [6.45, 7) is 4.72. The molecular weight excluding hydrogens is 435 g/mol. The number of nitrogens with zero attached hydrogens (tertiary/aromatic N) is 3. The second-order valence-electron chi connectivity index (χ2n) is 7.39. The Kier molecular flexibility index (Phi) is 8.18. The summed E-state index contributed by atoms with van der Waals surface area (Å²) in [6, 6.07) is 10.2. The van der Waals surface area contributed by atoms with E-state index in [-0.39, 0.29) is 29.6 Å². The first-order valence-corrected chi connectivity index (χ1v) is 11.2. The molecule has 0 atom stereocenters. The highest BCUT2D eigenvalue weighted by Gasteiger charge is 2.26. The predicted octanol–water partition coefficient (Wildman–Crippen LogP) is 3.17. The highest BCUT2D eigenvalue weighted by molar-refractivity contribution is 7.99. The number of rotatable bonds is 8. The van der Waals surface area contributed by atoms with Gasteiger partial charge in [-0.2, -0.15) is 0 Å². The molecule has 1 saturated heterocycles. The van der Waals surface area contributed by atoms with Gasteiger partial charge in [0.05, 0.1) is 17.0 Å². The molecule has 0 spiro atoms. The third-order valence-electron chi connectivity index (χ3n) is 5.06. The molecule has 2 aromatic rings. The first kappa shape index (κ1) is 23.7. The van der Waals surface area contributed by atoms with Crippen LogP contribution in [0.2, 0.25) is 0 Å². The third-order valence-corrected chi connectivity index (χ3v) is 6.19. The van der Waals surface area contributed by atoms with Gasteiger partial charge in [0.2, 0.25) is 5.91 Å². The number of nitrogens with one attached hydrogen (secondary N) is 1. The van der Waals surface area contributed by atoms with Crippen LogP contribution in [-0.4, -0.2) is 65.8 Å². The number of hydrogen-bond acceptors (Lipinski definition) is 6. The van der Waals surface area contributed by atoms with E-state index in [1.165, 1.54) is 24.3 Å². The monoisotopic (exact) mass is 460 g/mol. The standard InChI is InChI=1S/C22H25FN4O4S/c1-2-9-24-21(28)15-25-10-12-26(13-11-25)22(29)17-14-16(27(30)31)7-8-19(17)32-20-6-4-3-5-18(20)23/h3-8,14H,2,9-13,15H2,1H3,(H,24,28). The van der Waals surface area contributed by atoms with Crippen LogP contribution in [0.4, 0.5) is 10.1 Å². The molecule has 0 saturated carbocycles. The van der Waals surface area contributed by atoms with Crippen molar-refractivity contribution in [3.8, 4) is 0 Å². The van der Waals surface area contributed by atoms with Crippen LogP contribution >= 0.6 is 11.8 Å². The minimum Gasteiger partial charge on any atom is -0.355 e. The fraction of sp³-hybridized carbons (Fsp3) is 0.364. The smallest absolute Gasteiger partial charge is 0.270 e. The van der Waals surface area contributed by atoms with Crippen LogP contribution in [0.3, 0.4) is 0 Å². The molecule has 8 nitrogen and oxygen atoms in total. The SMILES string of the molecule is CCCNC(=O)CN1CCN(C(=O)c2cc([N+](=O)[O-])ccc2Sc2ccccc2F)CC1. The van der Waals surface area contributed by atoms with E-state index in [9.17, 15) is 24.1 Å². The van der Waals surface area contributed by atoms with Crippen molar-refractivity contribution in [1.29, 1.82) is 0 Å². The van der Waals surface area contributed by atoms with Gasteiger partial charge in [0.15, 0.2) is 0 Å². The summed E-state index contributed by atoms with van der Waals surface area (Å²) in [5.41, 5.74) is -0.0287. The fourth-order valence-electron chi connectivity index (χ4n) is 3.34. The number of halogens is 1. The second kappa shape index (κ2) is 11.1. The third kappa shape index (κ3) is 6.04. The maximum atomic E-state index is 14.1. The van der Waals surface area contributed by atoms with E-state index >= 15 is 0 Å². The number of nitro groups is 1. The zero-order chi connectivity index (χ0) is 23.1. The number of hydrogen-bond donors (Lipinski definition) is 1. The molecule has 32 heavy (non-hydrogen) atoms. The summed E-state index contributed by atoms with van der Waals surface area (Å²) in [7, 11) is 0. The Bertz CT molecular complexity index is 996. The van der Waals surface area contributed by atoms with Gasteiger partial charge < -0.3 is 10.2 Å². The van der Waals surface area contributed by atoms with Crippen LogP contribution in [0, 0.1) is 15.9 Å². The molecule has 1 aliphatic heterocycles. The van der Waals surface area contributed by atoms with Gasteiger partial charge in [-0.25, -0.2) is 4.39 Å². The zero-order valence-electron chi connectivity index (χ0n) is 17.8. The molecule has 0 aliphatic carbocycles. The molecular formula is C22H25FN4O4S. The first-order chi connectivity index (χ1) is 15.4. The maximum Gasteiger partial charge on any atom is 0.270 e. The fourth-order valence-corrected chi connectivity index (χ4v) is 4.28. The van der Waals surface area contributed by atoms with Crippen molar-refractivity contribution >= 4 is 29.3 Å². The summed E-state index contributed by atoms with van der Waals surface area (Å²) >= 11 is 1.06. The molecule has 1 heterocycles. The van der Waals surface area contributed by atoms with E-state index < -0.39 is 10.7 Å². The van der Waals surface area contributed by atoms with Crippen LogP contribution < -0.4 is 5.32 Å². The lowest BCUT2D eigenvalue weighted by atomic mass is 10.1. The molecule has 2 aromatic carbocycles. The van der Waals surface area contributed by atoms with Crippen LogP contribution in [0.15, 0.2) is 52.3 Å². The molecule has 0 bridgehead atoms. The van der Waals surface area contributed by atoms with Crippen LogP contribution in [0.1, 0.15) is 23.7 Å². The van der Waals surface area contributed by atoms with Crippen molar-refractivity contribution in [3.63, 3.8) is 0 Å². The Balaban J connectivity index is 1.74. The zero-order valence-corrected chi connectivity index (χ0v) is 18.6. The van der Waals surface area contributed by atoms with Gasteiger partial charge in [-0.1, -0.05) is 30.8 Å². The topological polar surface area (TPSA) is 95.8 Å². The van der Waals surface area contributed by atoms with Gasteiger partial charge >= 0.3 is 0 Å². The van der Waals surface area contributed by atoms with E-state index in [2.05, 4.69) is 5.32 Å². The van der Waals surface area contributed by atoms with Crippen molar-refractivity contribution in [1.82, 2.24) is 15.1 Å². The highest BCUT2D eigenvalue weighted by atomic mass is 32.2. The predicted molar refractivity (Wildman–Crippen MR) is 119 cm³/mol. The Hall–Kier alpha value is -2.98. The number of amides is 2. The van der Waals surface area contributed by atoms with Gasteiger partial charge in [-0.15, -0.1) is 0 Å². The number of piperazine rings is 1. The average Bonchev–Trinajstić information content (AvgIpc) is 2.79. The minimum atomic E-state index is -0.554. The Labute approximate surface area is 189 Å².